The first-order chi connectivity index (χ1) is 12.8. The molecule has 7 heteroatoms. The molecule has 2 bridgehead atoms. The number of hydrogen-bond donors (Lipinski definition) is 1. The highest BCUT2D eigenvalue weighted by atomic mass is 32.1. The van der Waals surface area contributed by atoms with Gasteiger partial charge < -0.3 is 15.1 Å². The van der Waals surface area contributed by atoms with Crippen molar-refractivity contribution in [2.24, 2.45) is 5.92 Å². The van der Waals surface area contributed by atoms with E-state index in [0.29, 0.717) is 18.0 Å². The fourth-order valence-corrected chi connectivity index (χ4v) is 5.53. The van der Waals surface area contributed by atoms with Gasteiger partial charge in [-0.2, -0.15) is 0 Å². The predicted molar refractivity (Wildman–Crippen MR) is 103 cm³/mol. The van der Waals surface area contributed by atoms with Gasteiger partial charge in [-0.05, 0) is 43.6 Å². The Bertz CT molecular complexity index is 808. The molecule has 1 amide bonds. The van der Waals surface area contributed by atoms with Crippen molar-refractivity contribution in [3.05, 3.63) is 17.8 Å². The Hall–Kier alpha value is -1.73. The molecule has 3 unspecified atom stereocenters. The first kappa shape index (κ1) is 16.4. The van der Waals surface area contributed by atoms with Crippen LogP contribution in [0, 0.1) is 5.92 Å². The van der Waals surface area contributed by atoms with Gasteiger partial charge in [-0.15, -0.1) is 11.3 Å². The van der Waals surface area contributed by atoms with Gasteiger partial charge in [0.15, 0.2) is 0 Å². The number of thiophene rings is 1. The van der Waals surface area contributed by atoms with Crippen molar-refractivity contribution in [1.29, 1.82) is 0 Å². The molecule has 138 valence electrons. The average molecular weight is 372 g/mol. The lowest BCUT2D eigenvalue weighted by atomic mass is 9.95. The molecule has 0 saturated carbocycles. The fraction of sp³-hybridized carbons (Fsp3) is 0.632. The summed E-state index contributed by atoms with van der Waals surface area (Å²) in [5.41, 5.74) is 0. The number of carbonyl (C=O) groups is 1. The van der Waals surface area contributed by atoms with Gasteiger partial charge in [-0.3, -0.25) is 4.79 Å². The van der Waals surface area contributed by atoms with Gasteiger partial charge in [0.05, 0.1) is 11.3 Å². The quantitative estimate of drug-likeness (QED) is 0.877. The fourth-order valence-electron chi connectivity index (χ4n) is 4.80. The number of carbonyl (C=O) groups excluding carboxylic acids is 1. The van der Waals surface area contributed by atoms with E-state index in [4.69, 9.17) is 0 Å². The van der Waals surface area contributed by atoms with Gasteiger partial charge in [0.2, 0.25) is 5.91 Å². The lowest BCUT2D eigenvalue weighted by molar-refractivity contribution is -0.136. The second kappa shape index (κ2) is 6.78. The summed E-state index contributed by atoms with van der Waals surface area (Å²) in [6.45, 7) is 3.54. The van der Waals surface area contributed by atoms with Crippen molar-refractivity contribution in [2.75, 3.05) is 31.1 Å². The van der Waals surface area contributed by atoms with Gasteiger partial charge in [-0.25, -0.2) is 9.97 Å². The van der Waals surface area contributed by atoms with Crippen LogP contribution in [0.2, 0.25) is 0 Å². The molecule has 0 aliphatic carbocycles. The number of fused-ring (bicyclic) bond motifs is 3. The van der Waals surface area contributed by atoms with Crippen molar-refractivity contribution in [1.82, 2.24) is 20.2 Å². The summed E-state index contributed by atoms with van der Waals surface area (Å²) in [5.74, 6) is 1.43. The number of piperidine rings is 1. The minimum Gasteiger partial charge on any atom is -0.355 e. The minimum absolute atomic E-state index is 0.0871. The van der Waals surface area contributed by atoms with Crippen LogP contribution >= 0.6 is 11.3 Å². The Kier molecular flexibility index (Phi) is 4.29. The maximum atomic E-state index is 13.2. The van der Waals surface area contributed by atoms with Crippen molar-refractivity contribution < 1.29 is 4.79 Å². The normalized spacial score (nSPS) is 29.2. The molecule has 2 aromatic rings. The number of likely N-dealkylation sites (tertiary alicyclic amines) is 1. The van der Waals surface area contributed by atoms with E-state index in [0.717, 1.165) is 61.5 Å². The SMILES string of the molecule is O=C(C1CCCN(c2ncnc3sccc23)C1)N1CCC2CCC(C1)N2. The van der Waals surface area contributed by atoms with Crippen molar-refractivity contribution in [3.8, 4) is 0 Å². The lowest BCUT2D eigenvalue weighted by Gasteiger charge is -2.36. The maximum absolute atomic E-state index is 13.2. The number of nitrogens with zero attached hydrogens (tertiary/aromatic N) is 4. The summed E-state index contributed by atoms with van der Waals surface area (Å²) in [5, 5.41) is 6.85. The number of hydrogen-bond acceptors (Lipinski definition) is 6. The number of aromatic nitrogens is 2. The van der Waals surface area contributed by atoms with Crippen LogP contribution in [0.15, 0.2) is 17.8 Å². The largest absolute Gasteiger partial charge is 0.355 e. The molecule has 3 aliphatic rings. The second-order valence-corrected chi connectivity index (χ2v) is 8.73. The molecule has 0 aromatic carbocycles. The highest BCUT2D eigenvalue weighted by Gasteiger charge is 2.35. The van der Waals surface area contributed by atoms with Crippen molar-refractivity contribution in [2.45, 2.75) is 44.2 Å². The standard InChI is InChI=1S/C19H25N5OS/c25-19(24-8-5-14-3-4-15(11-24)22-14)13-2-1-7-23(10-13)17-16-6-9-26-18(16)21-12-20-17/h6,9,12-15,22H,1-5,7-8,10-11H2. The molecule has 6 nitrogen and oxygen atoms in total. The summed E-state index contributed by atoms with van der Waals surface area (Å²) in [4.78, 5) is 27.6. The molecule has 1 N–H and O–H groups in total. The third-order valence-corrected chi connectivity index (χ3v) is 6.97. The Morgan fingerprint density at radius 3 is 3.00 bits per heavy atom. The van der Waals surface area contributed by atoms with E-state index < -0.39 is 0 Å². The summed E-state index contributed by atoms with van der Waals surface area (Å²) < 4.78 is 0. The molecule has 5 rings (SSSR count). The molecule has 3 aliphatic heterocycles. The zero-order valence-corrected chi connectivity index (χ0v) is 15.7. The average Bonchev–Trinajstić information content (AvgIpc) is 3.27. The smallest absolute Gasteiger partial charge is 0.227 e. The zero-order chi connectivity index (χ0) is 17.5. The predicted octanol–water partition coefficient (Wildman–Crippen LogP) is 2.26. The highest BCUT2D eigenvalue weighted by Crippen LogP contribution is 2.31. The van der Waals surface area contributed by atoms with E-state index in [9.17, 15) is 4.79 Å². The Morgan fingerprint density at radius 2 is 2.04 bits per heavy atom. The Morgan fingerprint density at radius 1 is 1.12 bits per heavy atom. The molecule has 0 radical (unpaired) electrons. The topological polar surface area (TPSA) is 61.4 Å². The van der Waals surface area contributed by atoms with Gasteiger partial charge in [-0.1, -0.05) is 0 Å². The summed E-state index contributed by atoms with van der Waals surface area (Å²) in [6.07, 6.45) is 7.27. The van der Waals surface area contributed by atoms with Crippen LogP contribution in [-0.2, 0) is 4.79 Å². The number of nitrogens with one attached hydrogen (secondary N) is 1. The van der Waals surface area contributed by atoms with E-state index in [1.54, 1.807) is 17.7 Å². The third kappa shape index (κ3) is 2.97. The van der Waals surface area contributed by atoms with Crippen LogP contribution in [0.5, 0.6) is 0 Å². The maximum Gasteiger partial charge on any atom is 0.227 e. The number of amides is 1. The van der Waals surface area contributed by atoms with Crippen LogP contribution in [-0.4, -0.2) is 59.0 Å². The Labute approximate surface area is 157 Å². The molecule has 0 spiro atoms. The van der Waals surface area contributed by atoms with Crippen LogP contribution < -0.4 is 10.2 Å². The molecule has 2 aromatic heterocycles. The number of rotatable bonds is 2. The first-order valence-electron chi connectivity index (χ1n) is 9.76. The van der Waals surface area contributed by atoms with Crippen LogP contribution in [0.25, 0.3) is 10.2 Å². The van der Waals surface area contributed by atoms with Crippen molar-refractivity contribution in [3.63, 3.8) is 0 Å². The second-order valence-electron chi connectivity index (χ2n) is 7.83. The summed E-state index contributed by atoms with van der Waals surface area (Å²) in [6, 6.07) is 3.21. The van der Waals surface area contributed by atoms with Crippen molar-refractivity contribution >= 4 is 33.3 Å². The van der Waals surface area contributed by atoms with Gasteiger partial charge in [0, 0.05) is 38.3 Å². The molecule has 5 heterocycles. The van der Waals surface area contributed by atoms with Gasteiger partial charge in [0.25, 0.3) is 0 Å². The zero-order valence-electron chi connectivity index (χ0n) is 14.9. The molecule has 3 atom stereocenters. The third-order valence-electron chi connectivity index (χ3n) is 6.15. The first-order valence-corrected chi connectivity index (χ1v) is 10.6. The van der Waals surface area contributed by atoms with Gasteiger partial charge >= 0.3 is 0 Å². The molecule has 26 heavy (non-hydrogen) atoms. The van der Waals surface area contributed by atoms with Crippen LogP contribution in [0.1, 0.15) is 32.1 Å². The summed E-state index contributed by atoms with van der Waals surface area (Å²) in [7, 11) is 0. The molecular weight excluding hydrogens is 346 g/mol. The highest BCUT2D eigenvalue weighted by molar-refractivity contribution is 7.16. The Balaban J connectivity index is 1.32. The van der Waals surface area contributed by atoms with E-state index in [1.807, 2.05) is 0 Å². The molecule has 3 saturated heterocycles. The number of anilines is 1. The molecule has 3 fully saturated rings. The van der Waals surface area contributed by atoms with E-state index in [2.05, 4.69) is 36.5 Å². The minimum atomic E-state index is 0.0871. The molecular formula is C19H25N5OS. The van der Waals surface area contributed by atoms with Crippen LogP contribution in [0.4, 0.5) is 5.82 Å². The lowest BCUT2D eigenvalue weighted by Crippen LogP contribution is -2.47. The van der Waals surface area contributed by atoms with E-state index >= 15 is 0 Å². The summed E-state index contributed by atoms with van der Waals surface area (Å²) >= 11 is 1.64. The van der Waals surface area contributed by atoms with E-state index in [-0.39, 0.29) is 5.92 Å². The van der Waals surface area contributed by atoms with Gasteiger partial charge in [0.1, 0.15) is 17.0 Å². The van der Waals surface area contributed by atoms with Crippen LogP contribution in [0.3, 0.4) is 0 Å². The van der Waals surface area contributed by atoms with E-state index in [1.165, 1.54) is 12.8 Å². The monoisotopic (exact) mass is 371 g/mol.